The van der Waals surface area contributed by atoms with E-state index in [2.05, 4.69) is 20.6 Å². The van der Waals surface area contributed by atoms with Gasteiger partial charge < -0.3 is 10.6 Å². The lowest BCUT2D eigenvalue weighted by molar-refractivity contribution is -0.384. The van der Waals surface area contributed by atoms with Crippen molar-refractivity contribution in [1.29, 1.82) is 0 Å². The van der Waals surface area contributed by atoms with E-state index in [0.29, 0.717) is 5.95 Å². The second kappa shape index (κ2) is 5.96. The van der Waals surface area contributed by atoms with Crippen LogP contribution in [0.1, 0.15) is 12.5 Å². The fraction of sp³-hybridized carbons (Fsp3) is 0.231. The Bertz CT molecular complexity index is 630. The van der Waals surface area contributed by atoms with Crippen molar-refractivity contribution in [2.24, 2.45) is 0 Å². The van der Waals surface area contributed by atoms with Gasteiger partial charge in [-0.25, -0.2) is 4.98 Å². The van der Waals surface area contributed by atoms with Gasteiger partial charge >= 0.3 is 5.69 Å². The third-order valence-electron chi connectivity index (χ3n) is 2.79. The number of aryl methyl sites for hydroxylation is 1. The Morgan fingerprint density at radius 2 is 2.20 bits per heavy atom. The number of hydrogen-bond acceptors (Lipinski definition) is 6. The Hall–Kier alpha value is -2.70. The molecule has 7 nitrogen and oxygen atoms in total. The highest BCUT2D eigenvalue weighted by molar-refractivity contribution is 5.66. The summed E-state index contributed by atoms with van der Waals surface area (Å²) in [4.78, 5) is 18.4. The molecule has 0 spiro atoms. The molecule has 20 heavy (non-hydrogen) atoms. The summed E-state index contributed by atoms with van der Waals surface area (Å²) in [6, 6.07) is 7.67. The van der Waals surface area contributed by atoms with E-state index in [4.69, 9.17) is 0 Å². The third-order valence-corrected chi connectivity index (χ3v) is 2.79. The van der Waals surface area contributed by atoms with Crippen LogP contribution < -0.4 is 10.6 Å². The molecular formula is C13H15N5O2. The van der Waals surface area contributed by atoms with Crippen LogP contribution in [0.3, 0.4) is 0 Å². The minimum Gasteiger partial charge on any atom is -0.357 e. The Kier molecular flexibility index (Phi) is 4.09. The fourth-order valence-electron chi connectivity index (χ4n) is 1.73. The van der Waals surface area contributed by atoms with Crippen molar-refractivity contribution in [2.45, 2.75) is 13.3 Å². The molecule has 1 aromatic carbocycles. The summed E-state index contributed by atoms with van der Waals surface area (Å²) in [5.74, 6) is 0.493. The number of anilines is 3. The maximum Gasteiger partial charge on any atom is 0.329 e. The average molecular weight is 273 g/mol. The standard InChI is InChI=1S/C13H15N5O2/c1-3-9-5-4-6-10(7-9)16-12-11(18(19)20)8-15-13(14-2)17-12/h4-8H,3H2,1-2H3,(H2,14,15,16,17). The van der Waals surface area contributed by atoms with Crippen LogP contribution in [0.5, 0.6) is 0 Å². The largest absolute Gasteiger partial charge is 0.357 e. The predicted octanol–water partition coefficient (Wildman–Crippen LogP) is 2.73. The first-order valence-corrected chi connectivity index (χ1v) is 6.19. The minimum atomic E-state index is -0.508. The van der Waals surface area contributed by atoms with Crippen molar-refractivity contribution < 1.29 is 4.92 Å². The molecule has 0 unspecified atom stereocenters. The van der Waals surface area contributed by atoms with Crippen LogP contribution >= 0.6 is 0 Å². The van der Waals surface area contributed by atoms with E-state index in [-0.39, 0.29) is 11.5 Å². The average Bonchev–Trinajstić information content (AvgIpc) is 2.47. The topological polar surface area (TPSA) is 93.0 Å². The molecule has 0 saturated heterocycles. The number of aromatic nitrogens is 2. The smallest absolute Gasteiger partial charge is 0.329 e. The molecule has 2 N–H and O–H groups in total. The second-order valence-electron chi connectivity index (χ2n) is 4.11. The second-order valence-corrected chi connectivity index (χ2v) is 4.11. The van der Waals surface area contributed by atoms with Crippen LogP contribution in [-0.2, 0) is 6.42 Å². The van der Waals surface area contributed by atoms with Gasteiger partial charge in [0.05, 0.1) is 4.92 Å². The molecule has 1 heterocycles. The molecule has 0 saturated carbocycles. The lowest BCUT2D eigenvalue weighted by Crippen LogP contribution is -2.04. The van der Waals surface area contributed by atoms with Crippen LogP contribution in [0, 0.1) is 10.1 Å². The first kappa shape index (κ1) is 13.7. The van der Waals surface area contributed by atoms with Gasteiger partial charge in [-0.15, -0.1) is 0 Å². The quantitative estimate of drug-likeness (QED) is 0.642. The molecule has 0 aliphatic rings. The van der Waals surface area contributed by atoms with E-state index < -0.39 is 4.92 Å². The fourth-order valence-corrected chi connectivity index (χ4v) is 1.73. The highest BCUT2D eigenvalue weighted by atomic mass is 16.6. The summed E-state index contributed by atoms with van der Waals surface area (Å²) in [5.41, 5.74) is 1.74. The summed E-state index contributed by atoms with van der Waals surface area (Å²) in [6.45, 7) is 2.05. The van der Waals surface area contributed by atoms with Gasteiger partial charge in [0.15, 0.2) is 0 Å². The third kappa shape index (κ3) is 3.00. The number of nitrogens with zero attached hydrogens (tertiary/aromatic N) is 3. The summed E-state index contributed by atoms with van der Waals surface area (Å²) in [6.07, 6.45) is 2.08. The van der Waals surface area contributed by atoms with Gasteiger partial charge in [-0.05, 0) is 24.1 Å². The molecule has 0 aliphatic heterocycles. The van der Waals surface area contributed by atoms with Crippen LogP contribution in [0.25, 0.3) is 0 Å². The molecule has 1 aromatic heterocycles. The zero-order valence-corrected chi connectivity index (χ0v) is 11.3. The SMILES string of the molecule is CCc1cccc(Nc2nc(NC)ncc2[N+](=O)[O-])c1. The first-order chi connectivity index (χ1) is 9.63. The lowest BCUT2D eigenvalue weighted by atomic mass is 10.1. The Balaban J connectivity index is 2.37. The van der Waals surface area contributed by atoms with Gasteiger partial charge in [0.25, 0.3) is 0 Å². The molecule has 104 valence electrons. The Labute approximate surface area is 116 Å². The molecule has 2 aromatic rings. The van der Waals surface area contributed by atoms with E-state index in [9.17, 15) is 10.1 Å². The van der Waals surface area contributed by atoms with Gasteiger partial charge in [0.1, 0.15) is 6.20 Å². The van der Waals surface area contributed by atoms with Crippen LogP contribution in [0.2, 0.25) is 0 Å². The molecule has 7 heteroatoms. The van der Waals surface area contributed by atoms with E-state index in [1.54, 1.807) is 7.05 Å². The van der Waals surface area contributed by atoms with Crippen LogP contribution in [0.15, 0.2) is 30.5 Å². The van der Waals surface area contributed by atoms with Crippen molar-refractivity contribution in [3.63, 3.8) is 0 Å². The predicted molar refractivity (Wildman–Crippen MR) is 77.3 cm³/mol. The summed E-state index contributed by atoms with van der Waals surface area (Å²) >= 11 is 0. The molecule has 0 amide bonds. The number of hydrogen-bond donors (Lipinski definition) is 2. The van der Waals surface area contributed by atoms with Gasteiger partial charge in [0.2, 0.25) is 11.8 Å². The molecule has 0 fully saturated rings. The van der Waals surface area contributed by atoms with Crippen molar-refractivity contribution in [2.75, 3.05) is 17.7 Å². The number of nitrogens with one attached hydrogen (secondary N) is 2. The normalized spacial score (nSPS) is 10.1. The van der Waals surface area contributed by atoms with Crippen LogP contribution in [0.4, 0.5) is 23.1 Å². The zero-order valence-electron chi connectivity index (χ0n) is 11.3. The van der Waals surface area contributed by atoms with E-state index in [1.165, 1.54) is 6.20 Å². The van der Waals surface area contributed by atoms with E-state index in [0.717, 1.165) is 17.7 Å². The summed E-state index contributed by atoms with van der Waals surface area (Å²) < 4.78 is 0. The zero-order chi connectivity index (χ0) is 14.5. The summed E-state index contributed by atoms with van der Waals surface area (Å²) in [7, 11) is 1.66. The molecule has 2 rings (SSSR count). The Morgan fingerprint density at radius 1 is 1.40 bits per heavy atom. The van der Waals surface area contributed by atoms with Crippen molar-refractivity contribution in [3.8, 4) is 0 Å². The highest BCUT2D eigenvalue weighted by Gasteiger charge is 2.17. The molecule has 0 atom stereocenters. The lowest BCUT2D eigenvalue weighted by Gasteiger charge is -2.08. The van der Waals surface area contributed by atoms with E-state index >= 15 is 0 Å². The first-order valence-electron chi connectivity index (χ1n) is 6.19. The number of rotatable bonds is 5. The van der Waals surface area contributed by atoms with Crippen molar-refractivity contribution in [3.05, 3.63) is 46.1 Å². The van der Waals surface area contributed by atoms with Gasteiger partial charge in [-0.2, -0.15) is 4.98 Å². The molecule has 0 aliphatic carbocycles. The Morgan fingerprint density at radius 3 is 2.85 bits per heavy atom. The molecule has 0 bridgehead atoms. The maximum atomic E-state index is 11.0. The van der Waals surface area contributed by atoms with Crippen molar-refractivity contribution >= 4 is 23.1 Å². The van der Waals surface area contributed by atoms with Gasteiger partial charge in [-0.1, -0.05) is 19.1 Å². The monoisotopic (exact) mass is 273 g/mol. The van der Waals surface area contributed by atoms with Crippen LogP contribution in [-0.4, -0.2) is 21.9 Å². The molecule has 0 radical (unpaired) electrons. The molecular weight excluding hydrogens is 258 g/mol. The number of nitro groups is 1. The van der Waals surface area contributed by atoms with Gasteiger partial charge in [0, 0.05) is 12.7 Å². The van der Waals surface area contributed by atoms with E-state index in [1.807, 2.05) is 31.2 Å². The highest BCUT2D eigenvalue weighted by Crippen LogP contribution is 2.26. The minimum absolute atomic E-state index is 0.161. The number of benzene rings is 1. The van der Waals surface area contributed by atoms with Crippen molar-refractivity contribution in [1.82, 2.24) is 9.97 Å². The summed E-state index contributed by atoms with van der Waals surface area (Å²) in [5, 5.41) is 16.7. The van der Waals surface area contributed by atoms with Gasteiger partial charge in [-0.3, -0.25) is 10.1 Å². The maximum absolute atomic E-state index is 11.0.